The fraction of sp³-hybridized carbons (Fsp3) is 0.667. The van der Waals surface area contributed by atoms with E-state index in [1.807, 2.05) is 9.58 Å². The monoisotopic (exact) mass is 287 g/mol. The van der Waals surface area contributed by atoms with Crippen LogP contribution in [0, 0.1) is 16.7 Å². The van der Waals surface area contributed by atoms with Gasteiger partial charge in [-0.25, -0.2) is 0 Å². The molecule has 0 aromatic carbocycles. The van der Waals surface area contributed by atoms with Crippen molar-refractivity contribution in [3.8, 4) is 6.07 Å². The van der Waals surface area contributed by atoms with E-state index in [2.05, 4.69) is 30.0 Å². The number of rotatable bonds is 1. The van der Waals surface area contributed by atoms with Crippen molar-refractivity contribution in [2.75, 3.05) is 26.7 Å². The first kappa shape index (κ1) is 14.1. The summed E-state index contributed by atoms with van der Waals surface area (Å²) in [6, 6.07) is 3.85. The van der Waals surface area contributed by atoms with E-state index in [0.717, 1.165) is 31.6 Å². The second-order valence-corrected chi connectivity index (χ2v) is 6.45. The number of carbonyl (C=O) groups is 1. The highest BCUT2D eigenvalue weighted by Gasteiger charge is 2.39. The molecule has 3 heterocycles. The van der Waals surface area contributed by atoms with Gasteiger partial charge in [0.1, 0.15) is 6.07 Å². The minimum atomic E-state index is -0.243. The second-order valence-electron chi connectivity index (χ2n) is 6.45. The van der Waals surface area contributed by atoms with E-state index in [4.69, 9.17) is 5.26 Å². The molecule has 6 nitrogen and oxygen atoms in total. The van der Waals surface area contributed by atoms with E-state index in [1.54, 1.807) is 6.07 Å². The van der Waals surface area contributed by atoms with Crippen molar-refractivity contribution in [1.82, 2.24) is 19.6 Å². The SMILES string of the molecule is CN1CCC(C)(C(=O)N2CCn3nc(C#N)cc3C2)CC1. The molecule has 1 aromatic heterocycles. The molecule has 1 fully saturated rings. The third-order valence-electron chi connectivity index (χ3n) is 4.81. The molecule has 0 N–H and O–H groups in total. The van der Waals surface area contributed by atoms with Crippen LogP contribution in [0.15, 0.2) is 6.07 Å². The Morgan fingerprint density at radius 3 is 2.71 bits per heavy atom. The number of amides is 1. The van der Waals surface area contributed by atoms with Gasteiger partial charge < -0.3 is 9.80 Å². The lowest BCUT2D eigenvalue weighted by molar-refractivity contribution is -0.145. The van der Waals surface area contributed by atoms with Crippen molar-refractivity contribution in [2.45, 2.75) is 32.9 Å². The van der Waals surface area contributed by atoms with Gasteiger partial charge in [-0.3, -0.25) is 9.48 Å². The lowest BCUT2D eigenvalue weighted by Crippen LogP contribution is -2.50. The number of fused-ring (bicyclic) bond motifs is 1. The third-order valence-corrected chi connectivity index (χ3v) is 4.81. The average Bonchev–Trinajstić information content (AvgIpc) is 2.91. The molecule has 112 valence electrons. The zero-order chi connectivity index (χ0) is 15.0. The summed E-state index contributed by atoms with van der Waals surface area (Å²) in [4.78, 5) is 17.1. The second kappa shape index (κ2) is 5.15. The van der Waals surface area contributed by atoms with Crippen LogP contribution in [0.5, 0.6) is 0 Å². The van der Waals surface area contributed by atoms with Crippen molar-refractivity contribution < 1.29 is 4.79 Å². The van der Waals surface area contributed by atoms with Crippen LogP contribution >= 0.6 is 0 Å². The zero-order valence-electron chi connectivity index (χ0n) is 12.7. The van der Waals surface area contributed by atoms with Crippen LogP contribution in [0.1, 0.15) is 31.2 Å². The summed E-state index contributed by atoms with van der Waals surface area (Å²) in [5.41, 5.74) is 1.15. The minimum Gasteiger partial charge on any atom is -0.334 e. The molecule has 0 aliphatic carbocycles. The van der Waals surface area contributed by atoms with Crippen molar-refractivity contribution >= 4 is 5.91 Å². The predicted octanol–water partition coefficient (Wildman–Crippen LogP) is 0.829. The first-order valence-electron chi connectivity index (χ1n) is 7.46. The topological polar surface area (TPSA) is 65.2 Å². The fourth-order valence-electron chi connectivity index (χ4n) is 3.20. The number of aromatic nitrogens is 2. The van der Waals surface area contributed by atoms with Crippen LogP contribution in [0.3, 0.4) is 0 Å². The van der Waals surface area contributed by atoms with E-state index < -0.39 is 0 Å². The fourth-order valence-corrected chi connectivity index (χ4v) is 3.20. The summed E-state index contributed by atoms with van der Waals surface area (Å²) in [6.07, 6.45) is 1.84. The van der Waals surface area contributed by atoms with Crippen LogP contribution in [-0.2, 0) is 17.9 Å². The van der Waals surface area contributed by atoms with Crippen molar-refractivity contribution in [3.05, 3.63) is 17.5 Å². The Morgan fingerprint density at radius 2 is 2.05 bits per heavy atom. The smallest absolute Gasteiger partial charge is 0.229 e. The standard InChI is InChI=1S/C15H21N5O/c1-15(3-5-18(2)6-4-15)14(21)19-7-8-20-13(11-19)9-12(10-16)17-20/h9H,3-8,11H2,1-2H3. The predicted molar refractivity (Wildman–Crippen MR) is 77.2 cm³/mol. The number of nitrogens with zero attached hydrogens (tertiary/aromatic N) is 5. The molecule has 6 heteroatoms. The van der Waals surface area contributed by atoms with E-state index in [1.165, 1.54) is 0 Å². The van der Waals surface area contributed by atoms with Gasteiger partial charge >= 0.3 is 0 Å². The maximum atomic E-state index is 12.9. The quantitative estimate of drug-likeness (QED) is 0.767. The number of hydrogen-bond donors (Lipinski definition) is 0. The van der Waals surface area contributed by atoms with Crippen molar-refractivity contribution in [3.63, 3.8) is 0 Å². The molecule has 0 radical (unpaired) electrons. The van der Waals surface area contributed by atoms with Gasteiger partial charge in [0.15, 0.2) is 5.69 Å². The van der Waals surface area contributed by atoms with E-state index >= 15 is 0 Å². The van der Waals surface area contributed by atoms with E-state index in [9.17, 15) is 4.79 Å². The number of likely N-dealkylation sites (tertiary alicyclic amines) is 1. The summed E-state index contributed by atoms with van der Waals surface area (Å²) in [6.45, 7) is 5.98. The maximum absolute atomic E-state index is 12.9. The summed E-state index contributed by atoms with van der Waals surface area (Å²) in [5, 5.41) is 13.1. The normalized spacial score (nSPS) is 21.7. The van der Waals surface area contributed by atoms with Crippen molar-refractivity contribution in [1.29, 1.82) is 5.26 Å². The number of carbonyl (C=O) groups excluding carboxylic acids is 1. The van der Waals surface area contributed by atoms with Gasteiger partial charge in [0.2, 0.25) is 5.91 Å². The van der Waals surface area contributed by atoms with Gasteiger partial charge in [-0.15, -0.1) is 0 Å². The molecule has 2 aliphatic heterocycles. The molecule has 1 aromatic rings. The van der Waals surface area contributed by atoms with Gasteiger partial charge in [0.05, 0.1) is 18.8 Å². The Balaban J connectivity index is 1.73. The van der Waals surface area contributed by atoms with Crippen LogP contribution in [-0.4, -0.2) is 52.2 Å². The first-order valence-corrected chi connectivity index (χ1v) is 7.46. The highest BCUT2D eigenvalue weighted by Crippen LogP contribution is 2.33. The lowest BCUT2D eigenvalue weighted by Gasteiger charge is -2.41. The molecular formula is C15H21N5O. The number of piperidine rings is 1. The van der Waals surface area contributed by atoms with Gasteiger partial charge in [-0.05, 0) is 39.0 Å². The van der Waals surface area contributed by atoms with Gasteiger partial charge in [0, 0.05) is 12.0 Å². The van der Waals surface area contributed by atoms with Crippen LogP contribution < -0.4 is 0 Å². The van der Waals surface area contributed by atoms with E-state index in [0.29, 0.717) is 25.3 Å². The highest BCUT2D eigenvalue weighted by atomic mass is 16.2. The van der Waals surface area contributed by atoms with Gasteiger partial charge in [-0.2, -0.15) is 10.4 Å². The van der Waals surface area contributed by atoms with Crippen LogP contribution in [0.25, 0.3) is 0 Å². The summed E-state index contributed by atoms with van der Waals surface area (Å²) in [7, 11) is 2.10. The van der Waals surface area contributed by atoms with Crippen LogP contribution in [0.2, 0.25) is 0 Å². The number of nitriles is 1. The third kappa shape index (κ3) is 2.54. The Kier molecular flexibility index (Phi) is 3.46. The van der Waals surface area contributed by atoms with E-state index in [-0.39, 0.29) is 11.3 Å². The molecular weight excluding hydrogens is 266 g/mol. The molecule has 0 atom stereocenters. The number of hydrogen-bond acceptors (Lipinski definition) is 4. The zero-order valence-corrected chi connectivity index (χ0v) is 12.7. The summed E-state index contributed by atoms with van der Waals surface area (Å²) < 4.78 is 1.85. The summed E-state index contributed by atoms with van der Waals surface area (Å²) in [5.74, 6) is 0.251. The van der Waals surface area contributed by atoms with Gasteiger partial charge in [0.25, 0.3) is 0 Å². The molecule has 0 bridgehead atoms. The lowest BCUT2D eigenvalue weighted by atomic mass is 9.79. The minimum absolute atomic E-state index is 0.243. The average molecular weight is 287 g/mol. The Labute approximate surface area is 124 Å². The molecule has 0 saturated carbocycles. The summed E-state index contributed by atoms with van der Waals surface area (Å²) >= 11 is 0. The molecule has 3 rings (SSSR count). The molecule has 0 unspecified atom stereocenters. The Hall–Kier alpha value is -1.87. The Morgan fingerprint density at radius 1 is 1.33 bits per heavy atom. The largest absolute Gasteiger partial charge is 0.334 e. The Bertz CT molecular complexity index is 592. The maximum Gasteiger partial charge on any atom is 0.229 e. The molecule has 21 heavy (non-hydrogen) atoms. The highest BCUT2D eigenvalue weighted by molar-refractivity contribution is 5.82. The van der Waals surface area contributed by atoms with Crippen LogP contribution in [0.4, 0.5) is 0 Å². The molecule has 2 aliphatic rings. The molecule has 0 spiro atoms. The molecule has 1 amide bonds. The molecule has 1 saturated heterocycles. The van der Waals surface area contributed by atoms with Crippen molar-refractivity contribution in [2.24, 2.45) is 5.41 Å². The van der Waals surface area contributed by atoms with Gasteiger partial charge in [-0.1, -0.05) is 6.92 Å². The first-order chi connectivity index (χ1) is 10.0.